The van der Waals surface area contributed by atoms with Crippen LogP contribution >= 0.6 is 23.1 Å². The Kier molecular flexibility index (Phi) is 6.81. The van der Waals surface area contributed by atoms with Crippen LogP contribution in [0.15, 0.2) is 24.4 Å². The smallest absolute Gasteiger partial charge is 0.209 e. The largest absolute Gasteiger partial charge is 0.307 e. The average molecular weight is 383 g/mol. The van der Waals surface area contributed by atoms with Crippen LogP contribution in [-0.4, -0.2) is 22.0 Å². The minimum Gasteiger partial charge on any atom is -0.307 e. The molecule has 0 unspecified atom stereocenters. The van der Waals surface area contributed by atoms with Crippen molar-refractivity contribution in [2.24, 2.45) is 0 Å². The van der Waals surface area contributed by atoms with Gasteiger partial charge in [0, 0.05) is 30.3 Å². The third kappa shape index (κ3) is 4.71. The van der Waals surface area contributed by atoms with Crippen LogP contribution in [0.3, 0.4) is 0 Å². The fraction of sp³-hybridized carbons (Fsp3) is 0.389. The predicted molar refractivity (Wildman–Crippen MR) is 97.9 cm³/mol. The number of carbonyl (C=O) groups excluding carboxylic acids is 2. The van der Waals surface area contributed by atoms with Crippen LogP contribution in [0.5, 0.6) is 0 Å². The van der Waals surface area contributed by atoms with Gasteiger partial charge < -0.3 is 5.32 Å². The number of hydrogen-bond acceptors (Lipinski definition) is 5. The molecular formula is C18H20ClFN2O2S. The molecule has 0 saturated heterocycles. The maximum atomic E-state index is 15.1. The van der Waals surface area contributed by atoms with Crippen molar-refractivity contribution in [3.8, 4) is 0 Å². The summed E-state index contributed by atoms with van der Waals surface area (Å²) in [5.41, 5.74) is 0.234. The molecule has 0 bridgehead atoms. The third-order valence-electron chi connectivity index (χ3n) is 3.87. The second-order valence-electron chi connectivity index (χ2n) is 5.97. The Bertz CT molecular complexity index is 765. The zero-order valence-electron chi connectivity index (χ0n) is 14.3. The van der Waals surface area contributed by atoms with Crippen molar-refractivity contribution in [2.45, 2.75) is 45.7 Å². The third-order valence-corrected chi connectivity index (χ3v) is 4.93. The highest BCUT2D eigenvalue weighted by Crippen LogP contribution is 2.30. The minimum atomic E-state index is -0.625. The lowest BCUT2D eigenvalue weighted by molar-refractivity contribution is -0.117. The summed E-state index contributed by atoms with van der Waals surface area (Å²) in [5.74, 6) is -1.04. The van der Waals surface area contributed by atoms with Crippen molar-refractivity contribution in [3.63, 3.8) is 0 Å². The van der Waals surface area contributed by atoms with Crippen molar-refractivity contribution in [2.75, 3.05) is 0 Å². The number of carbonyl (C=O) groups is 2. The summed E-state index contributed by atoms with van der Waals surface area (Å²) < 4.78 is 19.0. The molecule has 0 radical (unpaired) electrons. The molecule has 2 rings (SSSR count). The number of ketones is 2. The van der Waals surface area contributed by atoms with E-state index in [1.54, 1.807) is 12.1 Å². The average Bonchev–Trinajstić information content (AvgIpc) is 3.07. The number of rotatable bonds is 8. The molecule has 0 spiro atoms. The zero-order valence-corrected chi connectivity index (χ0v) is 15.9. The van der Waals surface area contributed by atoms with Gasteiger partial charge in [0.25, 0.3) is 0 Å². The highest BCUT2D eigenvalue weighted by atomic mass is 35.5. The van der Waals surface area contributed by atoms with Crippen molar-refractivity contribution in [1.82, 2.24) is 9.69 Å². The summed E-state index contributed by atoms with van der Waals surface area (Å²) >= 11 is 7.10. The molecule has 1 heterocycles. The molecule has 134 valence electrons. The van der Waals surface area contributed by atoms with E-state index in [1.165, 1.54) is 19.2 Å². The lowest BCUT2D eigenvalue weighted by Crippen LogP contribution is -2.32. The van der Waals surface area contributed by atoms with Crippen molar-refractivity contribution in [1.29, 1.82) is 0 Å². The normalized spacial score (nSPS) is 13.5. The van der Waals surface area contributed by atoms with Gasteiger partial charge in [-0.25, -0.2) is 8.76 Å². The molecule has 0 fully saturated rings. The maximum Gasteiger partial charge on any atom is 0.209 e. The van der Waals surface area contributed by atoms with Gasteiger partial charge in [-0.15, -0.1) is 0 Å². The van der Waals surface area contributed by atoms with Crippen LogP contribution in [-0.2, 0) is 4.79 Å². The zero-order chi connectivity index (χ0) is 18.6. The Labute approximate surface area is 155 Å². The van der Waals surface area contributed by atoms with E-state index in [0.29, 0.717) is 23.3 Å². The Morgan fingerprint density at radius 2 is 2.08 bits per heavy atom. The molecular weight excluding hydrogens is 363 g/mol. The molecule has 0 amide bonds. The lowest BCUT2D eigenvalue weighted by Gasteiger charge is -2.23. The topological polar surface area (TPSA) is 59.1 Å². The van der Waals surface area contributed by atoms with Gasteiger partial charge in [-0.3, -0.25) is 9.59 Å². The van der Waals surface area contributed by atoms with Crippen LogP contribution in [0.4, 0.5) is 4.39 Å². The number of Topliss-reactive ketones (excluding diaryl/α,β-unsaturated/α-hetero) is 1. The van der Waals surface area contributed by atoms with Crippen LogP contribution in [0.1, 0.15) is 60.5 Å². The Morgan fingerprint density at radius 1 is 1.36 bits per heavy atom. The van der Waals surface area contributed by atoms with Crippen molar-refractivity contribution in [3.05, 3.63) is 51.2 Å². The van der Waals surface area contributed by atoms with E-state index in [2.05, 4.69) is 9.69 Å². The summed E-state index contributed by atoms with van der Waals surface area (Å²) in [6.07, 6.45) is 2.46. The predicted octanol–water partition coefficient (Wildman–Crippen LogP) is 4.57. The molecule has 0 aliphatic rings. The summed E-state index contributed by atoms with van der Waals surface area (Å²) in [7, 11) is 0. The number of nitrogens with one attached hydrogen (secondary N) is 1. The van der Waals surface area contributed by atoms with Crippen LogP contribution in [0, 0.1) is 5.82 Å². The van der Waals surface area contributed by atoms with E-state index >= 15 is 4.39 Å². The summed E-state index contributed by atoms with van der Waals surface area (Å²) in [6.45, 7) is 5.31. The SMILES string of the molecule is CC[C@@H](N[C@H](C)CC(C)=O)c1ccc(Cl)c(C(=O)c2ccns2)c1F. The number of benzene rings is 1. The molecule has 1 N–H and O–H groups in total. The number of hydrogen-bond donors (Lipinski definition) is 1. The first kappa shape index (κ1) is 19.7. The maximum absolute atomic E-state index is 15.1. The van der Waals surface area contributed by atoms with E-state index in [-0.39, 0.29) is 28.5 Å². The van der Waals surface area contributed by atoms with Gasteiger partial charge in [0.05, 0.1) is 15.5 Å². The van der Waals surface area contributed by atoms with E-state index in [1.807, 2.05) is 13.8 Å². The van der Waals surface area contributed by atoms with Crippen LogP contribution in [0.25, 0.3) is 0 Å². The second kappa shape index (κ2) is 8.65. The van der Waals surface area contributed by atoms with Gasteiger partial charge in [0.15, 0.2) is 0 Å². The quantitative estimate of drug-likeness (QED) is 0.679. The fourth-order valence-corrected chi connectivity index (χ4v) is 3.54. The van der Waals surface area contributed by atoms with E-state index in [4.69, 9.17) is 11.6 Å². The van der Waals surface area contributed by atoms with Crippen LogP contribution in [0.2, 0.25) is 5.02 Å². The van der Waals surface area contributed by atoms with Gasteiger partial charge in [0.2, 0.25) is 5.78 Å². The molecule has 7 heteroatoms. The fourth-order valence-electron chi connectivity index (χ4n) is 2.76. The summed E-state index contributed by atoms with van der Waals surface area (Å²) in [4.78, 5) is 24.2. The molecule has 0 aliphatic carbocycles. The Balaban J connectivity index is 2.36. The highest BCUT2D eigenvalue weighted by Gasteiger charge is 2.25. The second-order valence-corrected chi connectivity index (χ2v) is 7.21. The Morgan fingerprint density at radius 3 is 2.64 bits per heavy atom. The number of nitrogens with zero attached hydrogens (tertiary/aromatic N) is 1. The van der Waals surface area contributed by atoms with Gasteiger partial charge in [-0.2, -0.15) is 0 Å². The van der Waals surface area contributed by atoms with E-state index in [0.717, 1.165) is 11.5 Å². The minimum absolute atomic E-state index is 0.0625. The standard InChI is InChI=1S/C18H20ClFN2O2S/c1-4-14(22-10(2)9-11(3)23)12-5-6-13(19)16(17(12)20)18(24)15-7-8-21-25-15/h5-8,10,14,22H,4,9H2,1-3H3/t10-,14-/m1/s1. The molecule has 4 nitrogen and oxygen atoms in total. The van der Waals surface area contributed by atoms with Crippen LogP contribution < -0.4 is 5.32 Å². The summed E-state index contributed by atoms with van der Waals surface area (Å²) in [5, 5.41) is 3.33. The number of halogens is 2. The van der Waals surface area contributed by atoms with Gasteiger partial charge >= 0.3 is 0 Å². The van der Waals surface area contributed by atoms with E-state index < -0.39 is 11.6 Å². The summed E-state index contributed by atoms with van der Waals surface area (Å²) in [6, 6.07) is 4.24. The Hall–Kier alpha value is -1.63. The highest BCUT2D eigenvalue weighted by molar-refractivity contribution is 7.08. The first-order chi connectivity index (χ1) is 11.8. The lowest BCUT2D eigenvalue weighted by atomic mass is 9.97. The van der Waals surface area contributed by atoms with E-state index in [9.17, 15) is 9.59 Å². The molecule has 25 heavy (non-hydrogen) atoms. The van der Waals surface area contributed by atoms with Gasteiger partial charge in [-0.05, 0) is 43.9 Å². The van der Waals surface area contributed by atoms with Gasteiger partial charge in [-0.1, -0.05) is 24.6 Å². The molecule has 0 saturated carbocycles. The molecule has 1 aromatic heterocycles. The monoisotopic (exact) mass is 382 g/mol. The van der Waals surface area contributed by atoms with Gasteiger partial charge in [0.1, 0.15) is 11.6 Å². The number of aromatic nitrogens is 1. The first-order valence-corrected chi connectivity index (χ1v) is 9.19. The molecule has 0 aliphatic heterocycles. The molecule has 2 aromatic rings. The van der Waals surface area contributed by atoms with Crippen molar-refractivity contribution >= 4 is 34.7 Å². The first-order valence-electron chi connectivity index (χ1n) is 8.03. The molecule has 2 atom stereocenters. The van der Waals surface area contributed by atoms with Crippen molar-refractivity contribution < 1.29 is 14.0 Å². The molecule has 1 aromatic carbocycles.